The van der Waals surface area contributed by atoms with Gasteiger partial charge in [-0.3, -0.25) is 10.00 Å². The van der Waals surface area contributed by atoms with E-state index in [0.717, 1.165) is 48.6 Å². The summed E-state index contributed by atoms with van der Waals surface area (Å²) in [7, 11) is 0. The molecule has 1 aliphatic rings. The fourth-order valence-corrected chi connectivity index (χ4v) is 3.86. The van der Waals surface area contributed by atoms with Crippen LogP contribution >= 0.6 is 0 Å². The highest BCUT2D eigenvalue weighted by Crippen LogP contribution is 2.27. The third-order valence-electron chi connectivity index (χ3n) is 5.48. The molecule has 0 bridgehead atoms. The number of aromatic amines is 1. The Morgan fingerprint density at radius 3 is 2.66 bits per heavy atom. The summed E-state index contributed by atoms with van der Waals surface area (Å²) in [6, 6.07) is 14.9. The normalized spacial score (nSPS) is 14.1. The van der Waals surface area contributed by atoms with Gasteiger partial charge in [0.2, 0.25) is 0 Å². The predicted molar refractivity (Wildman–Crippen MR) is 110 cm³/mol. The molecule has 0 saturated carbocycles. The minimum absolute atomic E-state index is 0.239. The lowest BCUT2D eigenvalue weighted by molar-refractivity contribution is 0.245. The van der Waals surface area contributed by atoms with Gasteiger partial charge in [-0.05, 0) is 43.3 Å². The number of H-pyrrole nitrogens is 1. The summed E-state index contributed by atoms with van der Waals surface area (Å²) < 4.78 is 15.4. The first kappa shape index (κ1) is 17.8. The standard InChI is InChI=1S/C23H22FN5/c1-16-2-8-21(9-3-16)29-15-19(23(27-29)17-4-6-20(24)7-5-17)14-28-11-10-22-18(13-28)12-25-26-22/h2-9,12,15H,10-11,13-14H2,1H3,(H,25,26). The van der Waals surface area contributed by atoms with Crippen LogP contribution in [0.25, 0.3) is 16.9 Å². The van der Waals surface area contributed by atoms with Crippen LogP contribution in [-0.2, 0) is 19.5 Å². The molecule has 0 aliphatic carbocycles. The maximum atomic E-state index is 13.5. The van der Waals surface area contributed by atoms with Crippen LogP contribution < -0.4 is 0 Å². The summed E-state index contributed by atoms with van der Waals surface area (Å²) in [6.45, 7) is 4.68. The van der Waals surface area contributed by atoms with Gasteiger partial charge in [-0.25, -0.2) is 9.07 Å². The monoisotopic (exact) mass is 387 g/mol. The lowest BCUT2D eigenvalue weighted by Crippen LogP contribution is -2.29. The molecule has 0 spiro atoms. The molecule has 0 atom stereocenters. The van der Waals surface area contributed by atoms with Crippen molar-refractivity contribution in [2.45, 2.75) is 26.4 Å². The number of aromatic nitrogens is 4. The average molecular weight is 387 g/mol. The Morgan fingerprint density at radius 2 is 1.86 bits per heavy atom. The molecule has 6 heteroatoms. The van der Waals surface area contributed by atoms with E-state index < -0.39 is 0 Å². The number of halogens is 1. The summed E-state index contributed by atoms with van der Waals surface area (Å²) in [5, 5.41) is 12.1. The number of rotatable bonds is 4. The van der Waals surface area contributed by atoms with E-state index >= 15 is 0 Å². The third kappa shape index (κ3) is 3.59. The van der Waals surface area contributed by atoms with Gasteiger partial charge >= 0.3 is 0 Å². The van der Waals surface area contributed by atoms with Crippen molar-refractivity contribution in [3.8, 4) is 16.9 Å². The molecule has 0 amide bonds. The van der Waals surface area contributed by atoms with Crippen molar-refractivity contribution >= 4 is 0 Å². The second-order valence-corrected chi connectivity index (χ2v) is 7.62. The van der Waals surface area contributed by atoms with E-state index in [1.165, 1.54) is 29.0 Å². The Kier molecular flexibility index (Phi) is 4.48. The first-order valence-corrected chi connectivity index (χ1v) is 9.81. The Balaban J connectivity index is 1.50. The summed E-state index contributed by atoms with van der Waals surface area (Å²) in [5.74, 6) is -0.239. The maximum Gasteiger partial charge on any atom is 0.123 e. The smallest absolute Gasteiger partial charge is 0.123 e. The molecule has 2 aromatic carbocycles. The van der Waals surface area contributed by atoms with Gasteiger partial charge in [-0.2, -0.15) is 10.2 Å². The van der Waals surface area contributed by atoms with Crippen LogP contribution in [-0.4, -0.2) is 31.4 Å². The van der Waals surface area contributed by atoms with E-state index in [0.29, 0.717) is 0 Å². The number of hydrogen-bond acceptors (Lipinski definition) is 3. The van der Waals surface area contributed by atoms with Gasteiger partial charge in [0.15, 0.2) is 0 Å². The molecule has 29 heavy (non-hydrogen) atoms. The molecule has 0 saturated heterocycles. The van der Waals surface area contributed by atoms with Gasteiger partial charge in [0.1, 0.15) is 5.82 Å². The summed E-state index contributed by atoms with van der Waals surface area (Å²) in [4.78, 5) is 2.40. The quantitative estimate of drug-likeness (QED) is 0.569. The lowest BCUT2D eigenvalue weighted by atomic mass is 10.1. The van der Waals surface area contributed by atoms with Gasteiger partial charge in [-0.15, -0.1) is 0 Å². The zero-order valence-corrected chi connectivity index (χ0v) is 16.3. The highest BCUT2D eigenvalue weighted by molar-refractivity contribution is 5.63. The largest absolute Gasteiger partial charge is 0.294 e. The highest BCUT2D eigenvalue weighted by atomic mass is 19.1. The highest BCUT2D eigenvalue weighted by Gasteiger charge is 2.21. The fourth-order valence-electron chi connectivity index (χ4n) is 3.86. The summed E-state index contributed by atoms with van der Waals surface area (Å²) >= 11 is 0. The lowest BCUT2D eigenvalue weighted by Gasteiger charge is -2.26. The molecule has 1 aliphatic heterocycles. The van der Waals surface area contributed by atoms with Crippen LogP contribution in [0.4, 0.5) is 4.39 Å². The number of nitrogens with zero attached hydrogens (tertiary/aromatic N) is 4. The van der Waals surface area contributed by atoms with Crippen molar-refractivity contribution in [2.24, 2.45) is 0 Å². The topological polar surface area (TPSA) is 49.7 Å². The van der Waals surface area contributed by atoms with Crippen LogP contribution in [0, 0.1) is 12.7 Å². The number of fused-ring (bicyclic) bond motifs is 1. The van der Waals surface area contributed by atoms with Crippen molar-refractivity contribution in [1.29, 1.82) is 0 Å². The van der Waals surface area contributed by atoms with Crippen molar-refractivity contribution in [1.82, 2.24) is 24.9 Å². The number of benzene rings is 2. The minimum atomic E-state index is -0.239. The molecule has 146 valence electrons. The first-order chi connectivity index (χ1) is 14.2. The van der Waals surface area contributed by atoms with Gasteiger partial charge in [0, 0.05) is 54.6 Å². The fraction of sp³-hybridized carbons (Fsp3) is 0.217. The second-order valence-electron chi connectivity index (χ2n) is 7.62. The van der Waals surface area contributed by atoms with E-state index in [4.69, 9.17) is 5.10 Å². The zero-order chi connectivity index (χ0) is 19.8. The average Bonchev–Trinajstić information content (AvgIpc) is 3.36. The number of nitrogens with one attached hydrogen (secondary N) is 1. The molecule has 1 N–H and O–H groups in total. The molecule has 0 fully saturated rings. The van der Waals surface area contributed by atoms with E-state index in [1.807, 2.05) is 10.9 Å². The molecule has 5 rings (SSSR count). The number of hydrogen-bond donors (Lipinski definition) is 1. The van der Waals surface area contributed by atoms with E-state index in [9.17, 15) is 4.39 Å². The predicted octanol–water partition coefficient (Wildman–Crippen LogP) is 4.27. The zero-order valence-electron chi connectivity index (χ0n) is 16.3. The van der Waals surface area contributed by atoms with Crippen molar-refractivity contribution in [2.75, 3.05) is 6.54 Å². The van der Waals surface area contributed by atoms with Crippen LogP contribution in [0.2, 0.25) is 0 Å². The van der Waals surface area contributed by atoms with Crippen molar-refractivity contribution in [3.63, 3.8) is 0 Å². The minimum Gasteiger partial charge on any atom is -0.294 e. The van der Waals surface area contributed by atoms with Gasteiger partial charge < -0.3 is 0 Å². The molecule has 3 heterocycles. The molecule has 0 unspecified atom stereocenters. The molecule has 5 nitrogen and oxygen atoms in total. The number of aryl methyl sites for hydroxylation is 1. The maximum absolute atomic E-state index is 13.5. The Morgan fingerprint density at radius 1 is 1.07 bits per heavy atom. The molecule has 2 aromatic heterocycles. The SMILES string of the molecule is Cc1ccc(-n2cc(CN3CCc4[nH]ncc4C3)c(-c3ccc(F)cc3)n2)cc1. The molecule has 0 radical (unpaired) electrons. The molecular formula is C23H22FN5. The van der Waals surface area contributed by atoms with Gasteiger partial charge in [0.25, 0.3) is 0 Å². The summed E-state index contributed by atoms with van der Waals surface area (Å²) in [6.07, 6.45) is 4.97. The van der Waals surface area contributed by atoms with Crippen molar-refractivity contribution in [3.05, 3.63) is 89.1 Å². The Bertz CT molecular complexity index is 1130. The van der Waals surface area contributed by atoms with Crippen LogP contribution in [0.5, 0.6) is 0 Å². The second kappa shape index (κ2) is 7.29. The third-order valence-corrected chi connectivity index (χ3v) is 5.48. The first-order valence-electron chi connectivity index (χ1n) is 9.81. The van der Waals surface area contributed by atoms with Gasteiger partial charge in [-0.1, -0.05) is 17.7 Å². The molecular weight excluding hydrogens is 365 g/mol. The van der Waals surface area contributed by atoms with E-state index in [2.05, 4.69) is 52.5 Å². The van der Waals surface area contributed by atoms with Gasteiger partial charge in [0.05, 0.1) is 17.6 Å². The van der Waals surface area contributed by atoms with Crippen molar-refractivity contribution < 1.29 is 4.39 Å². The van der Waals surface area contributed by atoms with Crippen LogP contribution in [0.1, 0.15) is 22.4 Å². The van der Waals surface area contributed by atoms with Crippen LogP contribution in [0.15, 0.2) is 60.9 Å². The van der Waals surface area contributed by atoms with E-state index in [-0.39, 0.29) is 5.82 Å². The van der Waals surface area contributed by atoms with E-state index in [1.54, 1.807) is 12.1 Å². The molecule has 4 aromatic rings. The Labute approximate surface area is 168 Å². The summed E-state index contributed by atoms with van der Waals surface area (Å²) in [5.41, 5.74) is 7.66. The Hall–Kier alpha value is -3.25. The van der Waals surface area contributed by atoms with Crippen LogP contribution in [0.3, 0.4) is 0 Å².